The van der Waals surface area contributed by atoms with Gasteiger partial charge in [0.25, 0.3) is 0 Å². The number of hydrogen-bond acceptors (Lipinski definition) is 3. The first kappa shape index (κ1) is 17.2. The molecule has 3 heteroatoms. The Kier molecular flexibility index (Phi) is 6.16. The van der Waals surface area contributed by atoms with Gasteiger partial charge in [-0.05, 0) is 43.0 Å². The Morgan fingerprint density at radius 2 is 1.91 bits per heavy atom. The highest BCUT2D eigenvalue weighted by molar-refractivity contribution is 7.98. The number of hydrogen-bond donors (Lipinski definition) is 0. The molecule has 0 aliphatic carbocycles. The van der Waals surface area contributed by atoms with E-state index in [2.05, 4.69) is 52.0 Å². The summed E-state index contributed by atoms with van der Waals surface area (Å²) in [6, 6.07) is 12.5. The molecule has 0 N–H and O–H groups in total. The summed E-state index contributed by atoms with van der Waals surface area (Å²) in [7, 11) is 0. The van der Waals surface area contributed by atoms with Gasteiger partial charge in [-0.2, -0.15) is 11.8 Å². The Bertz CT molecular complexity index is 559. The largest absolute Gasteiger partial charge is 0.468 e. The summed E-state index contributed by atoms with van der Waals surface area (Å²) in [6.45, 7) is 9.52. The summed E-state index contributed by atoms with van der Waals surface area (Å²) < 4.78 is 11.5. The highest BCUT2D eigenvalue weighted by Gasteiger charge is 2.24. The molecule has 2 nitrogen and oxygen atoms in total. The lowest BCUT2D eigenvalue weighted by molar-refractivity contribution is -0.0132. The van der Waals surface area contributed by atoms with E-state index in [0.717, 1.165) is 23.9 Å². The molecule has 0 spiro atoms. The molecule has 0 atom stereocenters. The fourth-order valence-corrected chi connectivity index (χ4v) is 3.26. The van der Waals surface area contributed by atoms with Gasteiger partial charge in [-0.3, -0.25) is 0 Å². The van der Waals surface area contributed by atoms with Crippen molar-refractivity contribution in [1.29, 1.82) is 0 Å². The first-order valence-corrected chi connectivity index (χ1v) is 8.99. The van der Waals surface area contributed by atoms with E-state index in [-0.39, 0.29) is 5.60 Å². The average molecular weight is 318 g/mol. The van der Waals surface area contributed by atoms with Gasteiger partial charge in [-0.25, -0.2) is 0 Å². The molecule has 22 heavy (non-hydrogen) atoms. The van der Waals surface area contributed by atoms with Crippen molar-refractivity contribution in [3.8, 4) is 0 Å². The quantitative estimate of drug-likeness (QED) is 0.593. The normalized spacial score (nSPS) is 12.0. The van der Waals surface area contributed by atoms with Gasteiger partial charge in [0.15, 0.2) is 0 Å². The Balaban J connectivity index is 1.85. The monoisotopic (exact) mass is 318 g/mol. The maximum atomic E-state index is 6.17. The predicted octanol–water partition coefficient (Wildman–Crippen LogP) is 5.59. The van der Waals surface area contributed by atoms with Crippen LogP contribution in [-0.4, -0.2) is 12.4 Å². The fraction of sp³-hybridized carbons (Fsp3) is 0.474. The third-order valence-electron chi connectivity index (χ3n) is 3.75. The lowest BCUT2D eigenvalue weighted by Crippen LogP contribution is -2.25. The van der Waals surface area contributed by atoms with Crippen molar-refractivity contribution in [2.45, 2.75) is 45.0 Å². The van der Waals surface area contributed by atoms with Crippen LogP contribution in [0, 0.1) is 0 Å². The van der Waals surface area contributed by atoms with E-state index in [1.165, 1.54) is 11.1 Å². The van der Waals surface area contributed by atoms with Crippen LogP contribution in [0.5, 0.6) is 0 Å². The zero-order valence-corrected chi connectivity index (χ0v) is 14.8. The van der Waals surface area contributed by atoms with Gasteiger partial charge in [0.05, 0.1) is 24.2 Å². The predicted molar refractivity (Wildman–Crippen MR) is 94.4 cm³/mol. The minimum atomic E-state index is -0.258. The third kappa shape index (κ3) is 4.65. The molecule has 0 fully saturated rings. The fourth-order valence-electron chi connectivity index (χ4n) is 2.55. The molecule has 1 heterocycles. The third-order valence-corrected chi connectivity index (χ3v) is 4.69. The molecular weight excluding hydrogens is 292 g/mol. The Morgan fingerprint density at radius 3 is 2.59 bits per heavy atom. The molecule has 0 saturated carbocycles. The van der Waals surface area contributed by atoms with E-state index >= 15 is 0 Å². The number of furan rings is 1. The Morgan fingerprint density at radius 1 is 1.14 bits per heavy atom. The molecule has 2 rings (SSSR count). The second-order valence-electron chi connectivity index (χ2n) is 6.23. The van der Waals surface area contributed by atoms with Crippen LogP contribution in [0.1, 0.15) is 50.5 Å². The maximum Gasteiger partial charge on any atom is 0.113 e. The molecule has 0 radical (unpaired) electrons. The molecule has 0 amide bonds. The van der Waals surface area contributed by atoms with Gasteiger partial charge in [0.2, 0.25) is 0 Å². The van der Waals surface area contributed by atoms with Crippen molar-refractivity contribution < 1.29 is 9.15 Å². The molecule has 2 aromatic rings. The van der Waals surface area contributed by atoms with Crippen LogP contribution in [0.4, 0.5) is 0 Å². The van der Waals surface area contributed by atoms with E-state index in [1.807, 2.05) is 23.9 Å². The van der Waals surface area contributed by atoms with Crippen molar-refractivity contribution >= 4 is 11.8 Å². The van der Waals surface area contributed by atoms with E-state index < -0.39 is 0 Å². The van der Waals surface area contributed by atoms with Crippen LogP contribution in [0.2, 0.25) is 0 Å². The van der Waals surface area contributed by atoms with E-state index in [4.69, 9.17) is 9.15 Å². The average Bonchev–Trinajstić information content (AvgIpc) is 3.00. The zero-order valence-electron chi connectivity index (χ0n) is 14.0. The second-order valence-corrected chi connectivity index (χ2v) is 7.34. The van der Waals surface area contributed by atoms with Crippen LogP contribution in [0.25, 0.3) is 0 Å². The van der Waals surface area contributed by atoms with Gasteiger partial charge in [-0.15, -0.1) is 0 Å². The van der Waals surface area contributed by atoms with Gasteiger partial charge in [-0.1, -0.05) is 38.1 Å². The van der Waals surface area contributed by atoms with Crippen LogP contribution < -0.4 is 0 Å². The molecule has 120 valence electrons. The summed E-state index contributed by atoms with van der Waals surface area (Å²) in [6.07, 6.45) is 1.72. The van der Waals surface area contributed by atoms with Crippen LogP contribution in [-0.2, 0) is 16.1 Å². The molecule has 0 bridgehead atoms. The molecule has 0 saturated heterocycles. The highest BCUT2D eigenvalue weighted by atomic mass is 32.2. The summed E-state index contributed by atoms with van der Waals surface area (Å²) in [4.78, 5) is 0. The summed E-state index contributed by atoms with van der Waals surface area (Å²) in [5, 5.41) is 0. The standard InChI is InChI=1S/C19H26O2S/c1-15(2)17-9-5-6-10-18(17)19(3,4)21-12-13-22-14-16-8-7-11-20-16/h5-11,15H,12-14H2,1-4H3. The Hall–Kier alpha value is -1.19. The van der Waals surface area contributed by atoms with E-state index in [1.54, 1.807) is 6.26 Å². The van der Waals surface area contributed by atoms with Crippen molar-refractivity contribution in [1.82, 2.24) is 0 Å². The minimum absolute atomic E-state index is 0.258. The Labute approximate surface area is 138 Å². The number of thioether (sulfide) groups is 1. The molecule has 0 aliphatic heterocycles. The van der Waals surface area contributed by atoms with Gasteiger partial charge >= 0.3 is 0 Å². The van der Waals surface area contributed by atoms with Gasteiger partial charge < -0.3 is 9.15 Å². The minimum Gasteiger partial charge on any atom is -0.468 e. The zero-order chi connectivity index (χ0) is 16.0. The lowest BCUT2D eigenvalue weighted by Gasteiger charge is -2.29. The summed E-state index contributed by atoms with van der Waals surface area (Å²) >= 11 is 1.84. The molecule has 1 aromatic heterocycles. The van der Waals surface area contributed by atoms with Crippen molar-refractivity contribution in [2.24, 2.45) is 0 Å². The smallest absolute Gasteiger partial charge is 0.113 e. The van der Waals surface area contributed by atoms with Crippen molar-refractivity contribution in [3.05, 3.63) is 59.5 Å². The van der Waals surface area contributed by atoms with Crippen LogP contribution in [0.3, 0.4) is 0 Å². The van der Waals surface area contributed by atoms with Crippen molar-refractivity contribution in [2.75, 3.05) is 12.4 Å². The van der Waals surface area contributed by atoms with Gasteiger partial charge in [0, 0.05) is 5.75 Å². The van der Waals surface area contributed by atoms with E-state index in [0.29, 0.717) is 5.92 Å². The lowest BCUT2D eigenvalue weighted by atomic mass is 9.88. The van der Waals surface area contributed by atoms with Crippen molar-refractivity contribution in [3.63, 3.8) is 0 Å². The topological polar surface area (TPSA) is 22.4 Å². The summed E-state index contributed by atoms with van der Waals surface area (Å²) in [5.41, 5.74) is 2.41. The first-order valence-electron chi connectivity index (χ1n) is 7.84. The van der Waals surface area contributed by atoms with E-state index in [9.17, 15) is 0 Å². The highest BCUT2D eigenvalue weighted by Crippen LogP contribution is 2.31. The number of benzene rings is 1. The number of rotatable bonds is 8. The van der Waals surface area contributed by atoms with Crippen LogP contribution >= 0.6 is 11.8 Å². The number of ether oxygens (including phenoxy) is 1. The summed E-state index contributed by atoms with van der Waals surface area (Å²) in [5.74, 6) is 3.40. The second kappa shape index (κ2) is 7.89. The SMILES string of the molecule is CC(C)c1ccccc1C(C)(C)OCCSCc1ccco1. The molecule has 0 unspecified atom stereocenters. The maximum absolute atomic E-state index is 6.17. The molecule has 0 aliphatic rings. The molecular formula is C19H26O2S. The van der Waals surface area contributed by atoms with Gasteiger partial charge in [0.1, 0.15) is 5.76 Å². The van der Waals surface area contributed by atoms with Crippen LogP contribution in [0.15, 0.2) is 47.1 Å². The molecule has 1 aromatic carbocycles. The first-order chi connectivity index (χ1) is 10.5.